The molecule has 4 nitrogen and oxygen atoms in total. The number of hydrogen-bond donors (Lipinski definition) is 0. The van der Waals surface area contributed by atoms with Crippen molar-refractivity contribution < 1.29 is 17.1 Å². The van der Waals surface area contributed by atoms with Crippen molar-refractivity contribution in [3.63, 3.8) is 0 Å². The number of rotatable bonds is 3. The Balaban J connectivity index is 0.00000225. The Morgan fingerprint density at radius 3 is 2.54 bits per heavy atom. The summed E-state index contributed by atoms with van der Waals surface area (Å²) in [6.07, 6.45) is 13.8. The fourth-order valence-electron chi connectivity index (χ4n) is 3.02. The molecule has 0 bridgehead atoms. The number of aromatic nitrogens is 2. The maximum absolute atomic E-state index is 4.72. The van der Waals surface area contributed by atoms with Gasteiger partial charge >= 0.3 is 17.1 Å². The molecule has 0 saturated heterocycles. The number of allylic oxidation sites excluding steroid dienone is 5. The van der Waals surface area contributed by atoms with Gasteiger partial charge in [-0.25, -0.2) is 4.99 Å². The Labute approximate surface area is 175 Å². The van der Waals surface area contributed by atoms with E-state index < -0.39 is 0 Å². The van der Waals surface area contributed by atoms with Crippen LogP contribution >= 0.6 is 0 Å². The Morgan fingerprint density at radius 2 is 1.82 bits per heavy atom. The van der Waals surface area contributed by atoms with E-state index in [1.807, 2.05) is 74.6 Å². The fraction of sp³-hybridized carbons (Fsp3) is 0.130. The van der Waals surface area contributed by atoms with Gasteiger partial charge < -0.3 is 9.97 Å². The molecule has 2 aliphatic heterocycles. The molecule has 0 saturated carbocycles. The minimum atomic E-state index is 0. The quantitative estimate of drug-likeness (QED) is 0.735. The van der Waals surface area contributed by atoms with E-state index in [4.69, 9.17) is 9.98 Å². The van der Waals surface area contributed by atoms with Gasteiger partial charge in [-0.1, -0.05) is 30.3 Å². The summed E-state index contributed by atoms with van der Waals surface area (Å²) in [6, 6.07) is 8.08. The van der Waals surface area contributed by atoms with Gasteiger partial charge in [0.25, 0.3) is 0 Å². The zero-order valence-corrected chi connectivity index (χ0v) is 17.2. The second-order valence-electron chi connectivity index (χ2n) is 6.47. The van der Waals surface area contributed by atoms with Gasteiger partial charge in [0.1, 0.15) is 0 Å². The molecule has 2 aromatic heterocycles. The van der Waals surface area contributed by atoms with Gasteiger partial charge in [0.2, 0.25) is 0 Å². The van der Waals surface area contributed by atoms with Gasteiger partial charge in [-0.05, 0) is 56.2 Å². The van der Waals surface area contributed by atoms with Crippen molar-refractivity contribution >= 4 is 35.2 Å². The maximum Gasteiger partial charge on any atom is 2.00 e. The minimum absolute atomic E-state index is 0. The van der Waals surface area contributed by atoms with Crippen LogP contribution < -0.4 is 20.7 Å². The van der Waals surface area contributed by atoms with E-state index in [0.717, 1.165) is 50.3 Å². The van der Waals surface area contributed by atoms with E-state index >= 15 is 0 Å². The first kappa shape index (κ1) is 19.9. The summed E-state index contributed by atoms with van der Waals surface area (Å²) in [6.45, 7) is 6.09. The van der Waals surface area contributed by atoms with Crippen LogP contribution in [0.4, 0.5) is 0 Å². The summed E-state index contributed by atoms with van der Waals surface area (Å²) in [7, 11) is 0. The zero-order valence-electron chi connectivity index (χ0n) is 16.0. The molecule has 0 fully saturated rings. The first-order valence-corrected chi connectivity index (χ1v) is 8.95. The van der Waals surface area contributed by atoms with Crippen LogP contribution in [0.1, 0.15) is 32.2 Å². The average Bonchev–Trinajstić information content (AvgIpc) is 3.48. The van der Waals surface area contributed by atoms with Crippen LogP contribution in [0.25, 0.3) is 23.3 Å². The number of hydrogen-bond acceptors (Lipinski definition) is 2. The normalized spacial score (nSPS) is 20.0. The zero-order chi connectivity index (χ0) is 18.8. The van der Waals surface area contributed by atoms with Crippen LogP contribution in [-0.4, -0.2) is 11.9 Å². The Hall–Kier alpha value is -2.88. The van der Waals surface area contributed by atoms with E-state index in [1.165, 1.54) is 0 Å². The van der Waals surface area contributed by atoms with Crippen LogP contribution in [0.5, 0.6) is 0 Å². The van der Waals surface area contributed by atoms with E-state index in [0.29, 0.717) is 0 Å². The third-order valence-electron chi connectivity index (χ3n) is 4.67. The van der Waals surface area contributed by atoms with Crippen molar-refractivity contribution in [2.24, 2.45) is 9.98 Å². The Bertz CT molecular complexity index is 1180. The van der Waals surface area contributed by atoms with Gasteiger partial charge in [-0.2, -0.15) is 0 Å². The first-order chi connectivity index (χ1) is 13.1. The molecule has 0 amide bonds. The van der Waals surface area contributed by atoms with Crippen molar-refractivity contribution in [3.8, 4) is 0 Å². The molecule has 0 unspecified atom stereocenters. The number of nitrogens with zero attached hydrogens (tertiary/aromatic N) is 4. The summed E-state index contributed by atoms with van der Waals surface area (Å²) in [5.41, 5.74) is 6.79. The van der Waals surface area contributed by atoms with Gasteiger partial charge in [-0.15, -0.1) is 28.2 Å². The van der Waals surface area contributed by atoms with E-state index in [9.17, 15) is 0 Å². The van der Waals surface area contributed by atoms with E-state index in [2.05, 4.69) is 16.9 Å². The molecule has 0 atom stereocenters. The molecule has 5 heteroatoms. The van der Waals surface area contributed by atoms with Gasteiger partial charge in [0.15, 0.2) is 0 Å². The second kappa shape index (κ2) is 8.42. The molecule has 0 aliphatic carbocycles. The van der Waals surface area contributed by atoms with Gasteiger partial charge in [0.05, 0.1) is 17.1 Å². The largest absolute Gasteiger partial charge is 2.00 e. The molecule has 2 aromatic rings. The topological polar surface area (TPSA) is 52.9 Å². The van der Waals surface area contributed by atoms with Crippen LogP contribution in [0.15, 0.2) is 69.9 Å². The third kappa shape index (κ3) is 4.01. The van der Waals surface area contributed by atoms with Crippen molar-refractivity contribution in [3.05, 3.63) is 82.0 Å². The van der Waals surface area contributed by atoms with E-state index in [-0.39, 0.29) is 17.1 Å². The Morgan fingerprint density at radius 1 is 0.964 bits per heavy atom. The van der Waals surface area contributed by atoms with Crippen LogP contribution in [-0.2, 0) is 17.1 Å². The smallest absolute Gasteiger partial charge is 0.658 e. The van der Waals surface area contributed by atoms with Crippen molar-refractivity contribution in [2.45, 2.75) is 20.8 Å². The van der Waals surface area contributed by atoms with Crippen molar-refractivity contribution in [1.29, 1.82) is 0 Å². The third-order valence-corrected chi connectivity index (χ3v) is 4.67. The molecule has 28 heavy (non-hydrogen) atoms. The first-order valence-electron chi connectivity index (χ1n) is 8.95. The predicted molar refractivity (Wildman–Crippen MR) is 113 cm³/mol. The average molecular weight is 407 g/mol. The fourth-order valence-corrected chi connectivity index (χ4v) is 3.02. The molecule has 1 radical (unpaired) electrons. The molecule has 139 valence electrons. The van der Waals surface area contributed by atoms with Crippen molar-refractivity contribution in [2.75, 3.05) is 0 Å². The minimum Gasteiger partial charge on any atom is -0.658 e. The van der Waals surface area contributed by atoms with Gasteiger partial charge in [0, 0.05) is 6.21 Å². The predicted octanol–water partition coefficient (Wildman–Crippen LogP) is 2.99. The molecule has 4 rings (SSSR count). The molecule has 4 heterocycles. The molecule has 0 N–H and O–H groups in total. The molecular weight excluding hydrogens is 387 g/mol. The maximum atomic E-state index is 4.72. The molecule has 0 spiro atoms. The SMILES string of the molecule is C/C=c1/cc/c(=C(\C)C2=N/C(=C\c3ccc(/C(C)=C4/C=CC=N4)[n-]3)C=C2)[n-]1.[Mn+2]. The number of aliphatic imine (C=N–C) groups is 2. The van der Waals surface area contributed by atoms with Crippen LogP contribution in [0.2, 0.25) is 0 Å². The monoisotopic (exact) mass is 407 g/mol. The van der Waals surface area contributed by atoms with Gasteiger partial charge in [-0.3, -0.25) is 4.99 Å². The van der Waals surface area contributed by atoms with Crippen molar-refractivity contribution in [1.82, 2.24) is 9.97 Å². The summed E-state index contributed by atoms with van der Waals surface area (Å²) in [5.74, 6) is 0. The standard InChI is InChI=1S/C23H20N4.Mn/c1-4-17-7-10-22(25-17)16(3)23-12-9-19(27-23)14-18-8-11-21(26-18)15(2)20-6-5-13-24-20;/h4-14H,1-3H3;/q-2;+2/b17-4-,19-14-,20-15-,22-16-;. The van der Waals surface area contributed by atoms with E-state index in [1.54, 1.807) is 6.21 Å². The molecular formula is C23H20MnN4. The Kier molecular flexibility index (Phi) is 5.98. The van der Waals surface area contributed by atoms with Crippen LogP contribution in [0, 0.1) is 0 Å². The summed E-state index contributed by atoms with van der Waals surface area (Å²) in [4.78, 5) is 18.3. The summed E-state index contributed by atoms with van der Waals surface area (Å²) >= 11 is 0. The summed E-state index contributed by atoms with van der Waals surface area (Å²) < 4.78 is 0. The van der Waals surface area contributed by atoms with Crippen LogP contribution in [0.3, 0.4) is 0 Å². The summed E-state index contributed by atoms with van der Waals surface area (Å²) in [5, 5.41) is 1.95. The molecule has 0 aromatic carbocycles. The molecule has 2 aliphatic rings. The second-order valence-corrected chi connectivity index (χ2v) is 6.47.